The van der Waals surface area contributed by atoms with Crippen molar-refractivity contribution >= 4 is 12.0 Å². The number of hydrogen-bond donors (Lipinski definition) is 2. The van der Waals surface area contributed by atoms with Crippen LogP contribution in [-0.2, 0) is 22.6 Å². The van der Waals surface area contributed by atoms with Crippen molar-refractivity contribution in [3.05, 3.63) is 66.1 Å². The third-order valence-electron chi connectivity index (χ3n) is 4.63. The van der Waals surface area contributed by atoms with E-state index in [1.165, 1.54) is 0 Å². The van der Waals surface area contributed by atoms with E-state index in [1.807, 2.05) is 24.3 Å². The van der Waals surface area contributed by atoms with Crippen LogP contribution in [0.15, 0.2) is 55.0 Å². The Hall–Kier alpha value is -4.08. The van der Waals surface area contributed by atoms with Gasteiger partial charge >= 0.3 is 6.09 Å². The van der Waals surface area contributed by atoms with Crippen LogP contribution in [0.5, 0.6) is 11.5 Å². The van der Waals surface area contributed by atoms with Crippen LogP contribution < -0.4 is 20.5 Å². The third kappa shape index (κ3) is 7.22. The average molecular weight is 468 g/mol. The number of nitrogens with one attached hydrogen (secondary N) is 1. The molecule has 2 heterocycles. The van der Waals surface area contributed by atoms with Gasteiger partial charge in [0.2, 0.25) is 5.91 Å². The lowest BCUT2D eigenvalue weighted by Crippen LogP contribution is -2.47. The number of alkyl carbamates (subject to hydrolysis) is 1. The zero-order valence-electron chi connectivity index (χ0n) is 19.6. The molecule has 3 aromatic rings. The Balaban J connectivity index is 1.58. The first kappa shape index (κ1) is 24.6. The number of nitrogens with zero attached hydrogens (tertiary/aromatic N) is 3. The summed E-state index contributed by atoms with van der Waals surface area (Å²) < 4.78 is 17.7. The van der Waals surface area contributed by atoms with Crippen molar-refractivity contribution in [2.45, 2.75) is 45.4 Å². The van der Waals surface area contributed by atoms with Crippen LogP contribution in [0.4, 0.5) is 4.79 Å². The predicted molar refractivity (Wildman–Crippen MR) is 125 cm³/mol. The van der Waals surface area contributed by atoms with Gasteiger partial charge in [-0.1, -0.05) is 12.1 Å². The second-order valence-electron chi connectivity index (χ2n) is 8.59. The van der Waals surface area contributed by atoms with E-state index in [2.05, 4.69) is 15.4 Å². The van der Waals surface area contributed by atoms with Gasteiger partial charge in [0.25, 0.3) is 0 Å². The standard InChI is InChI=1S/C24H29N5O5/c1-24(2,3)34-23(31)28-20(22(25)30)11-17-12-27-29(14-17)21-10-9-19(13-26-21)33-15-16-5-7-18(32-4)8-6-16/h5-10,12-14,20H,11,15H2,1-4H3,(H2,25,30)(H,28,31). The van der Waals surface area contributed by atoms with Gasteiger partial charge in [-0.3, -0.25) is 4.79 Å². The number of methoxy groups -OCH3 is 1. The molecule has 2 amide bonds. The fourth-order valence-electron chi connectivity index (χ4n) is 2.98. The summed E-state index contributed by atoms with van der Waals surface area (Å²) in [5, 5.41) is 6.78. The predicted octanol–water partition coefficient (Wildman–Crippen LogP) is 2.78. The van der Waals surface area contributed by atoms with Crippen LogP contribution in [0.1, 0.15) is 31.9 Å². The summed E-state index contributed by atoms with van der Waals surface area (Å²) in [4.78, 5) is 28.2. The first-order valence-corrected chi connectivity index (χ1v) is 10.7. The average Bonchev–Trinajstić information content (AvgIpc) is 3.25. The van der Waals surface area contributed by atoms with Crippen molar-refractivity contribution in [2.75, 3.05) is 7.11 Å². The third-order valence-corrected chi connectivity index (χ3v) is 4.63. The number of carbonyl (C=O) groups excluding carboxylic acids is 2. The monoisotopic (exact) mass is 467 g/mol. The van der Waals surface area contributed by atoms with Gasteiger partial charge in [0.1, 0.15) is 29.7 Å². The molecule has 34 heavy (non-hydrogen) atoms. The lowest BCUT2D eigenvalue weighted by molar-refractivity contribution is -0.120. The summed E-state index contributed by atoms with van der Waals surface area (Å²) in [6.45, 7) is 5.60. The summed E-state index contributed by atoms with van der Waals surface area (Å²) >= 11 is 0. The molecule has 0 radical (unpaired) electrons. The second-order valence-corrected chi connectivity index (χ2v) is 8.59. The minimum Gasteiger partial charge on any atom is -0.497 e. The van der Waals surface area contributed by atoms with Crippen LogP contribution in [0.2, 0.25) is 0 Å². The molecule has 10 heteroatoms. The molecular formula is C24H29N5O5. The van der Waals surface area contributed by atoms with Gasteiger partial charge < -0.3 is 25.3 Å². The Kier molecular flexibility index (Phi) is 7.72. The van der Waals surface area contributed by atoms with Crippen molar-refractivity contribution in [1.82, 2.24) is 20.1 Å². The number of amides is 2. The van der Waals surface area contributed by atoms with Crippen molar-refractivity contribution in [1.29, 1.82) is 0 Å². The largest absolute Gasteiger partial charge is 0.497 e. The number of nitrogens with two attached hydrogens (primary N) is 1. The van der Waals surface area contributed by atoms with Crippen LogP contribution in [-0.4, -0.2) is 45.5 Å². The molecule has 2 aromatic heterocycles. The van der Waals surface area contributed by atoms with Gasteiger partial charge in [-0.25, -0.2) is 14.5 Å². The lowest BCUT2D eigenvalue weighted by Gasteiger charge is -2.22. The van der Waals surface area contributed by atoms with Gasteiger partial charge in [0, 0.05) is 12.6 Å². The van der Waals surface area contributed by atoms with E-state index in [0.29, 0.717) is 23.7 Å². The number of hydrogen-bond acceptors (Lipinski definition) is 7. The van der Waals surface area contributed by atoms with Gasteiger partial charge in [0.15, 0.2) is 5.82 Å². The second kappa shape index (κ2) is 10.7. The summed E-state index contributed by atoms with van der Waals surface area (Å²) in [6, 6.07) is 10.2. The smallest absolute Gasteiger partial charge is 0.408 e. The quantitative estimate of drug-likeness (QED) is 0.495. The van der Waals surface area contributed by atoms with Crippen molar-refractivity contribution < 1.29 is 23.8 Å². The SMILES string of the molecule is COc1ccc(COc2ccc(-n3cc(CC(NC(=O)OC(C)(C)C)C(N)=O)cn3)nc2)cc1. The highest BCUT2D eigenvalue weighted by atomic mass is 16.6. The number of primary amides is 1. The zero-order valence-corrected chi connectivity index (χ0v) is 19.6. The number of rotatable bonds is 9. The number of carbonyl (C=O) groups is 2. The van der Waals surface area contributed by atoms with Crippen molar-refractivity contribution in [2.24, 2.45) is 5.73 Å². The highest BCUT2D eigenvalue weighted by Gasteiger charge is 2.23. The molecule has 0 spiro atoms. The first-order valence-electron chi connectivity index (χ1n) is 10.7. The molecular weight excluding hydrogens is 438 g/mol. The molecule has 0 aliphatic heterocycles. The highest BCUT2D eigenvalue weighted by molar-refractivity contribution is 5.84. The molecule has 0 aliphatic rings. The van der Waals surface area contributed by atoms with Crippen LogP contribution in [0.25, 0.3) is 5.82 Å². The van der Waals surface area contributed by atoms with E-state index in [9.17, 15) is 9.59 Å². The zero-order chi connectivity index (χ0) is 24.7. The Morgan fingerprint density at radius 2 is 1.76 bits per heavy atom. The van der Waals surface area contributed by atoms with Crippen molar-refractivity contribution in [3.8, 4) is 17.3 Å². The number of aromatic nitrogens is 3. The summed E-state index contributed by atoms with van der Waals surface area (Å²) in [5.74, 6) is 1.30. The minimum atomic E-state index is -0.936. The molecule has 0 bridgehead atoms. The number of benzene rings is 1. The molecule has 0 aliphatic carbocycles. The topological polar surface area (TPSA) is 131 Å². The molecule has 180 valence electrons. The van der Waals surface area contributed by atoms with Gasteiger partial charge in [-0.05, 0) is 56.2 Å². The maximum Gasteiger partial charge on any atom is 0.408 e. The highest BCUT2D eigenvalue weighted by Crippen LogP contribution is 2.17. The molecule has 3 rings (SSSR count). The van der Waals surface area contributed by atoms with E-state index in [-0.39, 0.29) is 6.42 Å². The summed E-state index contributed by atoms with van der Waals surface area (Å²) in [5.41, 5.74) is 6.46. The summed E-state index contributed by atoms with van der Waals surface area (Å²) in [6.07, 6.45) is 4.36. The number of ether oxygens (including phenoxy) is 3. The van der Waals surface area contributed by atoms with Gasteiger partial charge in [0.05, 0.1) is 19.5 Å². The molecule has 0 fully saturated rings. The van der Waals surface area contributed by atoms with Crippen LogP contribution in [0, 0.1) is 0 Å². The molecule has 3 N–H and O–H groups in total. The maximum absolute atomic E-state index is 12.0. The molecule has 10 nitrogen and oxygen atoms in total. The lowest BCUT2D eigenvalue weighted by atomic mass is 10.1. The molecule has 1 unspecified atom stereocenters. The fourth-order valence-corrected chi connectivity index (χ4v) is 2.98. The van der Waals surface area contributed by atoms with E-state index >= 15 is 0 Å². The van der Waals surface area contributed by atoms with E-state index < -0.39 is 23.6 Å². The maximum atomic E-state index is 12.0. The Labute approximate surface area is 198 Å². The van der Waals surface area contributed by atoms with Crippen LogP contribution >= 0.6 is 0 Å². The van der Waals surface area contributed by atoms with E-state index in [1.54, 1.807) is 63.3 Å². The Morgan fingerprint density at radius 1 is 1.06 bits per heavy atom. The van der Waals surface area contributed by atoms with Gasteiger partial charge in [-0.15, -0.1) is 0 Å². The Bertz CT molecular complexity index is 1100. The molecule has 0 saturated heterocycles. The molecule has 1 aromatic carbocycles. The number of pyridine rings is 1. The first-order chi connectivity index (χ1) is 16.1. The summed E-state index contributed by atoms with van der Waals surface area (Å²) in [7, 11) is 1.62. The van der Waals surface area contributed by atoms with Crippen LogP contribution in [0.3, 0.4) is 0 Å². The normalized spacial score (nSPS) is 12.0. The minimum absolute atomic E-state index is 0.164. The van der Waals surface area contributed by atoms with E-state index in [0.717, 1.165) is 11.3 Å². The van der Waals surface area contributed by atoms with Crippen molar-refractivity contribution in [3.63, 3.8) is 0 Å². The Morgan fingerprint density at radius 3 is 2.35 bits per heavy atom. The van der Waals surface area contributed by atoms with E-state index in [4.69, 9.17) is 19.9 Å². The van der Waals surface area contributed by atoms with Gasteiger partial charge in [-0.2, -0.15) is 5.10 Å². The molecule has 1 atom stereocenters. The molecule has 0 saturated carbocycles. The fraction of sp³-hybridized carbons (Fsp3) is 0.333.